The average molecular weight is 338 g/mol. The number of piperidine rings is 1. The van der Waals surface area contributed by atoms with E-state index in [1.165, 1.54) is 12.4 Å². The molecule has 0 aliphatic carbocycles. The van der Waals surface area contributed by atoms with E-state index in [9.17, 15) is 4.79 Å². The van der Waals surface area contributed by atoms with E-state index in [1.54, 1.807) is 0 Å². The standard InChI is InChI=1S/C15H13Cl2N3O2/c16-11-9-18-15(17)19-14(11)13-2-1-12(22-13)10-3-5-20(6-4-10)7-8-21/h1-2,7,9-10H,3-6H2. The van der Waals surface area contributed by atoms with Crippen molar-refractivity contribution >= 4 is 29.1 Å². The van der Waals surface area contributed by atoms with Crippen molar-refractivity contribution in [3.8, 4) is 11.5 Å². The van der Waals surface area contributed by atoms with Crippen LogP contribution in [0.5, 0.6) is 0 Å². The predicted molar refractivity (Wildman–Crippen MR) is 83.6 cm³/mol. The molecule has 2 aromatic rings. The van der Waals surface area contributed by atoms with Crippen LogP contribution in [0.2, 0.25) is 10.3 Å². The topological polar surface area (TPSA) is 59.2 Å². The van der Waals surface area contributed by atoms with Crippen LogP contribution >= 0.6 is 23.2 Å². The first-order valence-electron chi connectivity index (χ1n) is 6.90. The molecular formula is C15H13Cl2N3O2. The number of hydrogen-bond donors (Lipinski definition) is 0. The zero-order valence-corrected chi connectivity index (χ0v) is 13.1. The number of furan rings is 1. The molecule has 3 rings (SSSR count). The Bertz CT molecular complexity index is 717. The Morgan fingerprint density at radius 1 is 1.32 bits per heavy atom. The van der Waals surface area contributed by atoms with Crippen LogP contribution in [0.3, 0.4) is 0 Å². The molecule has 1 fully saturated rings. The average Bonchev–Trinajstić information content (AvgIpc) is 3.00. The van der Waals surface area contributed by atoms with Gasteiger partial charge in [0.15, 0.2) is 5.76 Å². The lowest BCUT2D eigenvalue weighted by Crippen LogP contribution is -2.28. The Morgan fingerprint density at radius 3 is 2.82 bits per heavy atom. The van der Waals surface area contributed by atoms with E-state index < -0.39 is 0 Å². The Hall–Kier alpha value is -1.81. The molecule has 0 atom stereocenters. The van der Waals surface area contributed by atoms with Crippen LogP contribution < -0.4 is 0 Å². The fourth-order valence-electron chi connectivity index (χ4n) is 2.61. The summed E-state index contributed by atoms with van der Waals surface area (Å²) in [5.41, 5.74) is 0.495. The van der Waals surface area contributed by atoms with E-state index >= 15 is 0 Å². The van der Waals surface area contributed by atoms with Crippen molar-refractivity contribution in [2.75, 3.05) is 13.1 Å². The van der Waals surface area contributed by atoms with Crippen molar-refractivity contribution in [2.45, 2.75) is 18.8 Å². The summed E-state index contributed by atoms with van der Waals surface area (Å²) in [5, 5.41) is 0.530. The zero-order valence-electron chi connectivity index (χ0n) is 11.6. The predicted octanol–water partition coefficient (Wildman–Crippen LogP) is 3.57. The van der Waals surface area contributed by atoms with Crippen LogP contribution in [0.25, 0.3) is 11.5 Å². The number of carbonyl (C=O) groups excluding carboxylic acids is 1. The normalized spacial score (nSPS) is 15.6. The first-order valence-corrected chi connectivity index (χ1v) is 7.66. The minimum Gasteiger partial charge on any atom is -0.459 e. The molecule has 0 bridgehead atoms. The van der Waals surface area contributed by atoms with Gasteiger partial charge in [0, 0.05) is 19.0 Å². The molecule has 2 aromatic heterocycles. The third-order valence-corrected chi connectivity index (χ3v) is 4.20. The molecule has 0 N–H and O–H groups in total. The summed E-state index contributed by atoms with van der Waals surface area (Å²) in [6, 6.07) is 3.79. The van der Waals surface area contributed by atoms with Crippen LogP contribution in [0, 0.1) is 0 Å². The third-order valence-electron chi connectivity index (χ3n) is 3.74. The quantitative estimate of drug-likeness (QED) is 0.633. The van der Waals surface area contributed by atoms with Gasteiger partial charge in [-0.1, -0.05) is 11.6 Å². The minimum atomic E-state index is 0.131. The molecule has 114 valence electrons. The molecule has 0 spiro atoms. The number of likely N-dealkylation sites (tertiary alicyclic amines) is 1. The van der Waals surface area contributed by atoms with Crippen LogP contribution in [-0.4, -0.2) is 33.9 Å². The van der Waals surface area contributed by atoms with Gasteiger partial charge in [-0.2, -0.15) is 0 Å². The van der Waals surface area contributed by atoms with Gasteiger partial charge in [-0.15, -0.1) is 0 Å². The second-order valence-corrected chi connectivity index (χ2v) is 5.84. The van der Waals surface area contributed by atoms with E-state index in [4.69, 9.17) is 27.6 Å². The Labute approximate surface area is 137 Å². The molecule has 5 nitrogen and oxygen atoms in total. The second-order valence-electron chi connectivity index (χ2n) is 5.09. The molecule has 0 saturated carbocycles. The smallest absolute Gasteiger partial charge is 0.223 e. The highest BCUT2D eigenvalue weighted by Crippen LogP contribution is 2.34. The fraction of sp³-hybridized carbons (Fsp3) is 0.333. The first kappa shape index (κ1) is 15.1. The number of hydrogen-bond acceptors (Lipinski definition) is 5. The lowest BCUT2D eigenvalue weighted by molar-refractivity contribution is 0.267. The van der Waals surface area contributed by atoms with Crippen LogP contribution in [-0.2, 0) is 4.79 Å². The van der Waals surface area contributed by atoms with Gasteiger partial charge in [-0.3, -0.25) is 0 Å². The molecular weight excluding hydrogens is 325 g/mol. The van der Waals surface area contributed by atoms with Gasteiger partial charge in [0.05, 0.1) is 17.4 Å². The molecule has 3 heterocycles. The maximum Gasteiger partial charge on any atom is 0.223 e. The lowest BCUT2D eigenvalue weighted by atomic mass is 9.95. The van der Waals surface area contributed by atoms with Crippen molar-refractivity contribution in [3.05, 3.63) is 40.6 Å². The summed E-state index contributed by atoms with van der Waals surface area (Å²) >= 11 is 11.9. The molecule has 1 aliphatic rings. The van der Waals surface area contributed by atoms with Crippen molar-refractivity contribution in [3.63, 3.8) is 0 Å². The van der Waals surface area contributed by atoms with E-state index in [1.807, 2.05) is 23.0 Å². The molecule has 1 aliphatic heterocycles. The van der Waals surface area contributed by atoms with Crippen molar-refractivity contribution in [1.82, 2.24) is 14.9 Å². The van der Waals surface area contributed by atoms with Crippen molar-refractivity contribution in [2.24, 2.45) is 0 Å². The van der Waals surface area contributed by atoms with E-state index in [0.29, 0.717) is 22.4 Å². The lowest BCUT2D eigenvalue weighted by Gasteiger charge is -2.28. The largest absolute Gasteiger partial charge is 0.459 e. The number of rotatable bonds is 3. The highest BCUT2D eigenvalue weighted by molar-refractivity contribution is 6.33. The van der Waals surface area contributed by atoms with Crippen molar-refractivity contribution < 1.29 is 9.21 Å². The molecule has 7 heteroatoms. The Kier molecular flexibility index (Phi) is 4.48. The molecule has 0 aromatic carbocycles. The van der Waals surface area contributed by atoms with E-state index in [0.717, 1.165) is 31.7 Å². The minimum absolute atomic E-state index is 0.131. The number of nitrogens with zero attached hydrogens (tertiary/aromatic N) is 3. The maximum atomic E-state index is 10.4. The van der Waals surface area contributed by atoms with Gasteiger partial charge in [0.2, 0.25) is 5.28 Å². The van der Waals surface area contributed by atoms with Crippen LogP contribution in [0.1, 0.15) is 24.5 Å². The molecule has 0 unspecified atom stereocenters. The summed E-state index contributed by atoms with van der Waals surface area (Å²) in [6.07, 6.45) is 4.76. The molecule has 0 radical (unpaired) electrons. The van der Waals surface area contributed by atoms with Gasteiger partial charge in [-0.25, -0.2) is 14.8 Å². The van der Waals surface area contributed by atoms with Gasteiger partial charge in [-0.05, 0) is 36.6 Å². The molecule has 1 saturated heterocycles. The fourth-order valence-corrected chi connectivity index (χ4v) is 2.92. The number of aromatic nitrogens is 2. The van der Waals surface area contributed by atoms with Gasteiger partial charge in [0.1, 0.15) is 17.4 Å². The van der Waals surface area contributed by atoms with Gasteiger partial charge >= 0.3 is 0 Å². The Balaban J connectivity index is 1.77. The van der Waals surface area contributed by atoms with Gasteiger partial charge in [0.25, 0.3) is 0 Å². The zero-order chi connectivity index (χ0) is 15.5. The highest BCUT2D eigenvalue weighted by Gasteiger charge is 2.22. The SMILES string of the molecule is O=C=CN1CCC(c2ccc(-c3nc(Cl)ncc3Cl)o2)CC1. The third kappa shape index (κ3) is 3.17. The summed E-state index contributed by atoms with van der Waals surface area (Å²) in [5.74, 6) is 3.62. The van der Waals surface area contributed by atoms with E-state index in [2.05, 4.69) is 9.97 Å². The monoisotopic (exact) mass is 337 g/mol. The Morgan fingerprint density at radius 2 is 2.09 bits per heavy atom. The number of halogens is 2. The summed E-state index contributed by atoms with van der Waals surface area (Å²) in [4.78, 5) is 20.3. The van der Waals surface area contributed by atoms with E-state index in [-0.39, 0.29) is 5.28 Å². The summed E-state index contributed by atoms with van der Waals surface area (Å²) < 4.78 is 5.90. The second kappa shape index (κ2) is 6.53. The first-order chi connectivity index (χ1) is 10.7. The van der Waals surface area contributed by atoms with Crippen molar-refractivity contribution in [1.29, 1.82) is 0 Å². The summed E-state index contributed by atoms with van der Waals surface area (Å²) in [7, 11) is 0. The van der Waals surface area contributed by atoms with Crippen LogP contribution in [0.15, 0.2) is 28.9 Å². The molecule has 22 heavy (non-hydrogen) atoms. The summed E-state index contributed by atoms with van der Waals surface area (Å²) in [6.45, 7) is 1.63. The highest BCUT2D eigenvalue weighted by atomic mass is 35.5. The van der Waals surface area contributed by atoms with Gasteiger partial charge < -0.3 is 9.32 Å². The maximum absolute atomic E-state index is 10.4. The van der Waals surface area contributed by atoms with Crippen LogP contribution in [0.4, 0.5) is 0 Å². The molecule has 0 amide bonds.